The molecule has 0 atom stereocenters. The molecule has 10 nitrogen and oxygen atoms in total. The van der Waals surface area contributed by atoms with E-state index in [1.54, 1.807) is 13.8 Å². The smallest absolute Gasteiger partial charge is 0.333 e. The van der Waals surface area contributed by atoms with Gasteiger partial charge in [-0.1, -0.05) is 38.4 Å². The minimum absolute atomic E-state index is 0.0122. The lowest BCUT2D eigenvalue weighted by molar-refractivity contribution is -0.116. The van der Waals surface area contributed by atoms with Gasteiger partial charge in [0.1, 0.15) is 13.1 Å². The second kappa shape index (κ2) is 7.15. The normalized spacial score (nSPS) is 14.4. The summed E-state index contributed by atoms with van der Waals surface area (Å²) in [4.78, 5) is 32.0. The first-order valence-electron chi connectivity index (χ1n) is 8.48. The molecular formula is C17H16BrN7O3. The molecule has 3 aromatic rings. The van der Waals surface area contributed by atoms with Crippen molar-refractivity contribution >= 4 is 33.7 Å². The van der Waals surface area contributed by atoms with E-state index < -0.39 is 6.03 Å². The number of urea groups is 1. The van der Waals surface area contributed by atoms with Crippen LogP contribution in [-0.4, -0.2) is 48.5 Å². The number of hydrogen-bond donors (Lipinski definition) is 0. The first-order valence-corrected chi connectivity index (χ1v) is 9.27. The van der Waals surface area contributed by atoms with Crippen LogP contribution in [-0.2, 0) is 17.9 Å². The number of hydrogen-bond acceptors (Lipinski definition) is 7. The number of aromatic nitrogens is 5. The Bertz CT molecular complexity index is 1060. The van der Waals surface area contributed by atoms with Gasteiger partial charge in [-0.25, -0.2) is 14.4 Å². The number of rotatable bonds is 5. The number of halogens is 1. The fraction of sp³-hybridized carbons (Fsp3) is 0.294. The van der Waals surface area contributed by atoms with E-state index in [0.29, 0.717) is 24.0 Å². The van der Waals surface area contributed by atoms with Crippen LogP contribution in [0.2, 0.25) is 0 Å². The second-order valence-corrected chi connectivity index (χ2v) is 7.30. The van der Waals surface area contributed by atoms with Crippen molar-refractivity contribution in [2.24, 2.45) is 0 Å². The molecule has 4 rings (SSSR count). The maximum atomic E-state index is 12.8. The van der Waals surface area contributed by atoms with Gasteiger partial charge in [0, 0.05) is 17.9 Å². The summed E-state index contributed by atoms with van der Waals surface area (Å²) in [6.07, 6.45) is 0. The zero-order valence-corrected chi connectivity index (χ0v) is 16.7. The van der Waals surface area contributed by atoms with Crippen molar-refractivity contribution in [3.8, 4) is 0 Å². The molecule has 0 radical (unpaired) electrons. The molecule has 3 heterocycles. The van der Waals surface area contributed by atoms with Crippen LogP contribution in [0.1, 0.15) is 23.0 Å². The number of benzene rings is 1. The van der Waals surface area contributed by atoms with Crippen LogP contribution in [0.15, 0.2) is 33.3 Å². The van der Waals surface area contributed by atoms with Gasteiger partial charge in [-0.3, -0.25) is 4.79 Å². The summed E-state index contributed by atoms with van der Waals surface area (Å²) in [6, 6.07) is 7.18. The number of nitrogens with zero attached hydrogens (tertiary/aromatic N) is 7. The fourth-order valence-electron chi connectivity index (χ4n) is 2.99. The number of carbonyl (C=O) groups excluding carboxylic acids is 2. The van der Waals surface area contributed by atoms with Gasteiger partial charge in [-0.2, -0.15) is 4.98 Å². The molecule has 0 aliphatic carbocycles. The van der Waals surface area contributed by atoms with E-state index in [4.69, 9.17) is 4.52 Å². The summed E-state index contributed by atoms with van der Waals surface area (Å²) in [5, 5.41) is 11.9. The minimum Gasteiger partial charge on any atom is -0.340 e. The predicted octanol–water partition coefficient (Wildman–Crippen LogP) is 2.06. The molecule has 2 aromatic heterocycles. The third kappa shape index (κ3) is 3.40. The van der Waals surface area contributed by atoms with Crippen LogP contribution in [0.25, 0.3) is 0 Å². The highest BCUT2D eigenvalue weighted by Gasteiger charge is 2.39. The average Bonchev–Trinajstić information content (AvgIpc) is 3.29. The van der Waals surface area contributed by atoms with Gasteiger partial charge in [-0.15, -0.1) is 5.10 Å². The highest BCUT2D eigenvalue weighted by molar-refractivity contribution is 9.10. The number of carbonyl (C=O) groups is 2. The third-order valence-electron chi connectivity index (χ3n) is 4.33. The molecule has 1 aliphatic heterocycles. The Kier molecular flexibility index (Phi) is 4.67. The van der Waals surface area contributed by atoms with Crippen molar-refractivity contribution < 1.29 is 14.1 Å². The van der Waals surface area contributed by atoms with Crippen molar-refractivity contribution in [3.63, 3.8) is 0 Å². The van der Waals surface area contributed by atoms with Gasteiger partial charge in [-0.05, 0) is 24.6 Å². The lowest BCUT2D eigenvalue weighted by Gasteiger charge is -2.16. The van der Waals surface area contributed by atoms with Crippen molar-refractivity contribution in [2.75, 3.05) is 11.4 Å². The van der Waals surface area contributed by atoms with Gasteiger partial charge in [0.2, 0.25) is 5.89 Å². The van der Waals surface area contributed by atoms with Crippen molar-refractivity contribution in [3.05, 3.63) is 51.7 Å². The molecule has 1 saturated heterocycles. The molecule has 1 fully saturated rings. The summed E-state index contributed by atoms with van der Waals surface area (Å²) >= 11 is 3.41. The molecule has 0 saturated carbocycles. The molecular weight excluding hydrogens is 430 g/mol. The molecule has 28 heavy (non-hydrogen) atoms. The summed E-state index contributed by atoms with van der Waals surface area (Å²) in [7, 11) is 0. The van der Waals surface area contributed by atoms with E-state index in [0.717, 1.165) is 14.9 Å². The molecule has 0 bridgehead atoms. The summed E-state index contributed by atoms with van der Waals surface area (Å²) in [5.41, 5.74) is 1.48. The molecule has 1 aromatic carbocycles. The molecule has 3 amide bonds. The van der Waals surface area contributed by atoms with E-state index >= 15 is 0 Å². The van der Waals surface area contributed by atoms with Gasteiger partial charge in [0.05, 0.1) is 5.69 Å². The van der Waals surface area contributed by atoms with Crippen LogP contribution in [0.4, 0.5) is 10.6 Å². The van der Waals surface area contributed by atoms with E-state index in [9.17, 15) is 9.59 Å². The Morgan fingerprint density at radius 2 is 2.04 bits per heavy atom. The SMILES string of the molecule is Cc1nc(Cn2nnc(N3C(=O)CN(Cc4cccc(Br)c4)C3=O)c2C)no1. The molecule has 144 valence electrons. The predicted molar refractivity (Wildman–Crippen MR) is 100 cm³/mol. The molecule has 0 spiro atoms. The van der Waals surface area contributed by atoms with Gasteiger partial charge in [0.25, 0.3) is 5.91 Å². The Balaban J connectivity index is 1.54. The Morgan fingerprint density at radius 3 is 2.75 bits per heavy atom. The van der Waals surface area contributed by atoms with E-state index in [2.05, 4.69) is 36.4 Å². The maximum absolute atomic E-state index is 12.8. The van der Waals surface area contributed by atoms with Crippen molar-refractivity contribution in [2.45, 2.75) is 26.9 Å². The minimum atomic E-state index is -0.421. The number of amides is 3. The lowest BCUT2D eigenvalue weighted by Crippen LogP contribution is -2.33. The highest BCUT2D eigenvalue weighted by Crippen LogP contribution is 2.24. The van der Waals surface area contributed by atoms with Gasteiger partial charge >= 0.3 is 6.03 Å². The summed E-state index contributed by atoms with van der Waals surface area (Å²) in [6.45, 7) is 3.98. The van der Waals surface area contributed by atoms with Crippen LogP contribution in [0.3, 0.4) is 0 Å². The number of imide groups is 1. The van der Waals surface area contributed by atoms with E-state index in [1.807, 2.05) is 24.3 Å². The zero-order chi connectivity index (χ0) is 19.8. The van der Waals surface area contributed by atoms with Gasteiger partial charge in [0.15, 0.2) is 11.6 Å². The molecule has 11 heteroatoms. The maximum Gasteiger partial charge on any atom is 0.333 e. The standard InChI is InChI=1S/C17H16BrN7O3/c1-10-16(20-22-24(10)8-14-19-11(2)28-21-14)25-15(26)9-23(17(25)27)7-12-4-3-5-13(18)6-12/h3-6H,7-9H2,1-2H3. The Hall–Kier alpha value is -3.08. The van der Waals surface area contributed by atoms with Crippen LogP contribution in [0, 0.1) is 13.8 Å². The lowest BCUT2D eigenvalue weighted by atomic mass is 10.2. The van der Waals surface area contributed by atoms with Crippen LogP contribution in [0.5, 0.6) is 0 Å². The monoisotopic (exact) mass is 445 g/mol. The van der Waals surface area contributed by atoms with Crippen molar-refractivity contribution in [1.29, 1.82) is 0 Å². The molecule has 1 aliphatic rings. The van der Waals surface area contributed by atoms with Crippen molar-refractivity contribution in [1.82, 2.24) is 30.0 Å². The summed E-state index contributed by atoms with van der Waals surface area (Å²) in [5.74, 6) is 0.756. The van der Waals surface area contributed by atoms with E-state index in [1.165, 1.54) is 9.58 Å². The first-order chi connectivity index (χ1) is 13.4. The second-order valence-electron chi connectivity index (χ2n) is 6.38. The first kappa shape index (κ1) is 18.3. The van der Waals surface area contributed by atoms with Crippen LogP contribution < -0.4 is 4.90 Å². The van der Waals surface area contributed by atoms with E-state index in [-0.39, 0.29) is 24.8 Å². The Labute approximate surface area is 168 Å². The largest absolute Gasteiger partial charge is 0.340 e. The number of aryl methyl sites for hydroxylation is 1. The highest BCUT2D eigenvalue weighted by atomic mass is 79.9. The molecule has 0 N–H and O–H groups in total. The summed E-state index contributed by atoms with van der Waals surface area (Å²) < 4.78 is 7.38. The fourth-order valence-corrected chi connectivity index (χ4v) is 3.43. The molecule has 0 unspecified atom stereocenters. The quantitative estimate of drug-likeness (QED) is 0.552. The topological polar surface area (TPSA) is 110 Å². The van der Waals surface area contributed by atoms with Crippen LogP contribution >= 0.6 is 15.9 Å². The average molecular weight is 446 g/mol. The van der Waals surface area contributed by atoms with Gasteiger partial charge < -0.3 is 9.42 Å². The Morgan fingerprint density at radius 1 is 1.21 bits per heavy atom. The number of anilines is 1. The zero-order valence-electron chi connectivity index (χ0n) is 15.2. The third-order valence-corrected chi connectivity index (χ3v) is 4.82.